The van der Waals surface area contributed by atoms with Gasteiger partial charge >= 0.3 is 0 Å². The van der Waals surface area contributed by atoms with Gasteiger partial charge in [-0.1, -0.05) is 60.7 Å². The predicted molar refractivity (Wildman–Crippen MR) is 127 cm³/mol. The molecule has 2 aromatic carbocycles. The van der Waals surface area contributed by atoms with Gasteiger partial charge in [0, 0.05) is 17.2 Å². The minimum absolute atomic E-state index is 0.0789. The van der Waals surface area contributed by atoms with Crippen molar-refractivity contribution in [2.45, 2.75) is 39.0 Å². The molecule has 1 aliphatic rings. The largest absolute Gasteiger partial charge is 0.326 e. The van der Waals surface area contributed by atoms with Crippen molar-refractivity contribution in [1.82, 2.24) is 15.1 Å². The number of carbonyl (C=O) groups is 1. The number of anilines is 1. The fourth-order valence-corrected chi connectivity index (χ4v) is 4.82. The molecule has 5 nitrogen and oxygen atoms in total. The number of nitrogens with zero attached hydrogens (tertiary/aromatic N) is 3. The smallest absolute Gasteiger partial charge is 0.227 e. The van der Waals surface area contributed by atoms with Gasteiger partial charge in [0.1, 0.15) is 10.0 Å². The highest BCUT2D eigenvalue weighted by molar-refractivity contribution is 7.14. The molecule has 0 bridgehead atoms. The first-order valence-electron chi connectivity index (χ1n) is 11.1. The van der Waals surface area contributed by atoms with Crippen LogP contribution in [0.2, 0.25) is 0 Å². The van der Waals surface area contributed by atoms with E-state index in [-0.39, 0.29) is 11.8 Å². The Morgan fingerprint density at radius 1 is 1.13 bits per heavy atom. The van der Waals surface area contributed by atoms with Crippen molar-refractivity contribution in [3.05, 3.63) is 65.2 Å². The van der Waals surface area contributed by atoms with Gasteiger partial charge in [0.25, 0.3) is 0 Å². The van der Waals surface area contributed by atoms with Crippen LogP contribution in [0.15, 0.2) is 54.6 Å². The average molecular weight is 435 g/mol. The maximum atomic E-state index is 12.8. The summed E-state index contributed by atoms with van der Waals surface area (Å²) in [6.07, 6.45) is 2.99. The Morgan fingerprint density at radius 3 is 2.61 bits per heavy atom. The van der Waals surface area contributed by atoms with Gasteiger partial charge in [-0.05, 0) is 69.4 Å². The Labute approximate surface area is 188 Å². The summed E-state index contributed by atoms with van der Waals surface area (Å²) in [5, 5.41) is 13.2. The predicted octanol–water partition coefficient (Wildman–Crippen LogP) is 5.36. The molecule has 31 heavy (non-hydrogen) atoms. The van der Waals surface area contributed by atoms with Crippen molar-refractivity contribution >= 4 is 22.9 Å². The van der Waals surface area contributed by atoms with Crippen molar-refractivity contribution in [3.63, 3.8) is 0 Å². The molecular formula is C25H30N4OS. The number of aryl methyl sites for hydroxylation is 1. The van der Waals surface area contributed by atoms with E-state index >= 15 is 0 Å². The molecule has 162 valence electrons. The van der Waals surface area contributed by atoms with Crippen molar-refractivity contribution in [1.29, 1.82) is 0 Å². The van der Waals surface area contributed by atoms with E-state index in [2.05, 4.69) is 57.7 Å². The summed E-state index contributed by atoms with van der Waals surface area (Å²) in [6, 6.07) is 18.6. The lowest BCUT2D eigenvalue weighted by molar-refractivity contribution is -0.121. The second-order valence-electron chi connectivity index (χ2n) is 8.41. The number of piperidine rings is 1. The molecule has 0 aliphatic carbocycles. The topological polar surface area (TPSA) is 58.1 Å². The van der Waals surface area contributed by atoms with Crippen LogP contribution in [-0.4, -0.2) is 40.6 Å². The summed E-state index contributed by atoms with van der Waals surface area (Å²) in [5.41, 5.74) is 3.22. The Hall–Kier alpha value is -2.57. The number of likely N-dealkylation sites (tertiary alicyclic amines) is 1. The zero-order valence-electron chi connectivity index (χ0n) is 18.3. The molecule has 0 saturated carbocycles. The number of hydrogen-bond donors (Lipinski definition) is 1. The standard InChI is InChI=1S/C25H30N4OS/c1-18(20-7-4-3-5-8-20)11-14-29-15-12-21(13-16-29)24(30)26-23-10-6-9-22(17-23)25-28-27-19(2)31-25/h3-10,17-18,21H,11-16H2,1-2H3,(H,26,30)/t18-/m0/s1. The summed E-state index contributed by atoms with van der Waals surface area (Å²) in [4.78, 5) is 15.3. The number of carbonyl (C=O) groups excluding carboxylic acids is 1. The average Bonchev–Trinajstić information content (AvgIpc) is 3.25. The number of hydrogen-bond acceptors (Lipinski definition) is 5. The van der Waals surface area contributed by atoms with E-state index in [0.29, 0.717) is 5.92 Å². The highest BCUT2D eigenvalue weighted by atomic mass is 32.1. The first kappa shape index (κ1) is 21.7. The van der Waals surface area contributed by atoms with Gasteiger partial charge in [0.15, 0.2) is 0 Å². The number of benzene rings is 2. The van der Waals surface area contributed by atoms with Crippen LogP contribution in [0.1, 0.15) is 42.7 Å². The van der Waals surface area contributed by atoms with Crippen LogP contribution >= 0.6 is 11.3 Å². The zero-order valence-corrected chi connectivity index (χ0v) is 19.1. The summed E-state index contributed by atoms with van der Waals surface area (Å²) in [6.45, 7) is 7.31. The van der Waals surface area contributed by atoms with E-state index in [4.69, 9.17) is 0 Å². The monoisotopic (exact) mass is 434 g/mol. The maximum Gasteiger partial charge on any atom is 0.227 e. The molecule has 1 saturated heterocycles. The fourth-order valence-electron chi connectivity index (χ4n) is 4.13. The van der Waals surface area contributed by atoms with Crippen LogP contribution in [0.25, 0.3) is 10.6 Å². The van der Waals surface area contributed by atoms with Gasteiger partial charge in [-0.25, -0.2) is 0 Å². The van der Waals surface area contributed by atoms with Crippen molar-refractivity contribution < 1.29 is 4.79 Å². The maximum absolute atomic E-state index is 12.8. The molecule has 1 aromatic heterocycles. The minimum atomic E-state index is 0.0789. The summed E-state index contributed by atoms with van der Waals surface area (Å²) >= 11 is 1.56. The van der Waals surface area contributed by atoms with Crippen LogP contribution in [0.4, 0.5) is 5.69 Å². The zero-order chi connectivity index (χ0) is 21.6. The normalized spacial score (nSPS) is 16.2. The second-order valence-corrected chi connectivity index (χ2v) is 9.59. The summed E-state index contributed by atoms with van der Waals surface area (Å²) < 4.78 is 0. The molecule has 0 radical (unpaired) electrons. The van der Waals surface area contributed by atoms with Gasteiger partial charge in [-0.3, -0.25) is 4.79 Å². The molecule has 0 spiro atoms. The van der Waals surface area contributed by atoms with Crippen molar-refractivity contribution in [2.24, 2.45) is 5.92 Å². The molecule has 0 unspecified atom stereocenters. The van der Waals surface area contributed by atoms with E-state index in [1.807, 2.05) is 31.2 Å². The molecule has 1 aliphatic heterocycles. The summed E-state index contributed by atoms with van der Waals surface area (Å²) in [5.74, 6) is 0.768. The molecule has 1 fully saturated rings. The molecule has 3 aromatic rings. The van der Waals surface area contributed by atoms with E-state index in [0.717, 1.165) is 60.2 Å². The number of rotatable bonds is 7. The number of amides is 1. The Kier molecular flexibility index (Phi) is 7.10. The van der Waals surface area contributed by atoms with Gasteiger partial charge in [0.2, 0.25) is 5.91 Å². The lowest BCUT2D eigenvalue weighted by atomic mass is 9.94. The first-order valence-corrected chi connectivity index (χ1v) is 11.9. The van der Waals surface area contributed by atoms with Crippen LogP contribution in [-0.2, 0) is 4.79 Å². The van der Waals surface area contributed by atoms with Crippen LogP contribution < -0.4 is 5.32 Å². The molecule has 4 rings (SSSR count). The molecule has 1 N–H and O–H groups in total. The highest BCUT2D eigenvalue weighted by Crippen LogP contribution is 2.27. The Bertz CT molecular complexity index is 996. The number of nitrogens with one attached hydrogen (secondary N) is 1. The van der Waals surface area contributed by atoms with Crippen LogP contribution in [0.3, 0.4) is 0 Å². The van der Waals surface area contributed by atoms with Crippen molar-refractivity contribution in [3.8, 4) is 10.6 Å². The molecule has 1 atom stereocenters. The third-order valence-corrected chi connectivity index (χ3v) is 7.00. The quantitative estimate of drug-likeness (QED) is 0.544. The molecule has 1 amide bonds. The van der Waals surface area contributed by atoms with Gasteiger partial charge in [-0.15, -0.1) is 10.2 Å². The Balaban J connectivity index is 1.25. The third kappa shape index (κ3) is 5.77. The molecule has 2 heterocycles. The highest BCUT2D eigenvalue weighted by Gasteiger charge is 2.25. The van der Waals surface area contributed by atoms with E-state index in [9.17, 15) is 4.79 Å². The summed E-state index contributed by atoms with van der Waals surface area (Å²) in [7, 11) is 0. The lowest BCUT2D eigenvalue weighted by Gasteiger charge is -2.32. The van der Waals surface area contributed by atoms with E-state index in [1.54, 1.807) is 11.3 Å². The third-order valence-electron chi connectivity index (χ3n) is 6.11. The van der Waals surface area contributed by atoms with Crippen LogP contribution in [0.5, 0.6) is 0 Å². The molecular weight excluding hydrogens is 404 g/mol. The van der Waals surface area contributed by atoms with Gasteiger partial charge < -0.3 is 10.2 Å². The van der Waals surface area contributed by atoms with Crippen molar-refractivity contribution in [2.75, 3.05) is 25.0 Å². The fraction of sp³-hybridized carbons (Fsp3) is 0.400. The van der Waals surface area contributed by atoms with Gasteiger partial charge in [-0.2, -0.15) is 0 Å². The lowest BCUT2D eigenvalue weighted by Crippen LogP contribution is -2.38. The number of aromatic nitrogens is 2. The molecule has 6 heteroatoms. The minimum Gasteiger partial charge on any atom is -0.326 e. The van der Waals surface area contributed by atoms with E-state index in [1.165, 1.54) is 5.56 Å². The SMILES string of the molecule is Cc1nnc(-c2cccc(NC(=O)C3CCN(CC[C@H](C)c4ccccc4)CC3)c2)s1. The second kappa shape index (κ2) is 10.2. The first-order chi connectivity index (χ1) is 15.1. The Morgan fingerprint density at radius 2 is 1.90 bits per heavy atom. The van der Waals surface area contributed by atoms with Gasteiger partial charge in [0.05, 0.1) is 0 Å². The van der Waals surface area contributed by atoms with E-state index < -0.39 is 0 Å². The van der Waals surface area contributed by atoms with Crippen LogP contribution in [0, 0.1) is 12.8 Å².